The Kier molecular flexibility index (Phi) is 6.17. The van der Waals surface area contributed by atoms with E-state index in [0.717, 1.165) is 31.0 Å². The number of halogens is 3. The molecule has 2 unspecified atom stereocenters. The fourth-order valence-electron chi connectivity index (χ4n) is 3.82. The quantitative estimate of drug-likeness (QED) is 0.386. The van der Waals surface area contributed by atoms with E-state index in [1.54, 1.807) is 6.20 Å². The lowest BCUT2D eigenvalue weighted by atomic mass is 9.92. The Morgan fingerprint density at radius 2 is 1.90 bits per heavy atom. The van der Waals surface area contributed by atoms with Crippen LogP contribution in [0, 0.1) is 11.8 Å². The number of thioether (sulfide) groups is 1. The Labute approximate surface area is 182 Å². The lowest BCUT2D eigenvalue weighted by Crippen LogP contribution is -2.39. The summed E-state index contributed by atoms with van der Waals surface area (Å²) in [4.78, 5) is 15.4. The summed E-state index contributed by atoms with van der Waals surface area (Å²) < 4.78 is 44.0. The summed E-state index contributed by atoms with van der Waals surface area (Å²) in [5, 5.41) is 4.40. The molecule has 0 radical (unpaired) electrons. The molecule has 31 heavy (non-hydrogen) atoms. The minimum Gasteiger partial charge on any atom is -0.356 e. The van der Waals surface area contributed by atoms with Crippen LogP contribution in [0.1, 0.15) is 31.7 Å². The Morgan fingerprint density at radius 3 is 2.65 bits per heavy atom. The molecule has 3 aromatic rings. The zero-order valence-electron chi connectivity index (χ0n) is 17.1. The zero-order valence-corrected chi connectivity index (χ0v) is 18.0. The van der Waals surface area contributed by atoms with E-state index in [1.165, 1.54) is 30.3 Å². The first-order valence-electron chi connectivity index (χ1n) is 9.99. The molecule has 0 aliphatic carbocycles. The number of anilines is 1. The lowest BCUT2D eigenvalue weighted by Gasteiger charge is -2.35. The van der Waals surface area contributed by atoms with Crippen LogP contribution in [0.2, 0.25) is 0 Å². The second kappa shape index (κ2) is 8.86. The molecule has 4 rings (SSSR count). The molecule has 2 aromatic heterocycles. The van der Waals surface area contributed by atoms with Gasteiger partial charge in [0.25, 0.3) is 0 Å². The highest BCUT2D eigenvalue weighted by Crippen LogP contribution is 2.32. The topological polar surface area (TPSA) is 67.9 Å². The van der Waals surface area contributed by atoms with Crippen molar-refractivity contribution in [2.45, 2.75) is 37.4 Å². The first-order valence-corrected chi connectivity index (χ1v) is 11.0. The average Bonchev–Trinajstić information content (AvgIpc) is 3.20. The van der Waals surface area contributed by atoms with Gasteiger partial charge in [-0.15, -0.1) is 0 Å². The van der Waals surface area contributed by atoms with E-state index in [0.29, 0.717) is 28.6 Å². The summed E-state index contributed by atoms with van der Waals surface area (Å²) in [5.41, 5.74) is -0.501. The second-order valence-corrected chi connectivity index (χ2v) is 8.87. The van der Waals surface area contributed by atoms with Crippen LogP contribution in [0.5, 0.6) is 0 Å². The molecule has 1 aliphatic heterocycles. The average molecular weight is 450 g/mol. The molecule has 0 saturated carbocycles. The van der Waals surface area contributed by atoms with Gasteiger partial charge in [-0.3, -0.25) is 0 Å². The smallest absolute Gasteiger partial charge is 0.356 e. The van der Waals surface area contributed by atoms with E-state index in [4.69, 9.17) is 4.52 Å². The van der Waals surface area contributed by atoms with Gasteiger partial charge in [0.1, 0.15) is 5.82 Å². The summed E-state index contributed by atoms with van der Waals surface area (Å²) in [5.74, 6) is 2.86. The third-order valence-corrected chi connectivity index (χ3v) is 5.90. The van der Waals surface area contributed by atoms with Crippen molar-refractivity contribution in [3.63, 3.8) is 0 Å². The molecule has 10 heteroatoms. The molecule has 0 amide bonds. The van der Waals surface area contributed by atoms with Crippen LogP contribution in [0.25, 0.3) is 11.4 Å². The summed E-state index contributed by atoms with van der Waals surface area (Å²) in [6, 6.07) is 6.77. The van der Waals surface area contributed by atoms with Gasteiger partial charge in [-0.25, -0.2) is 9.97 Å². The third-order valence-electron chi connectivity index (χ3n) is 5.05. The molecule has 6 nitrogen and oxygen atoms in total. The third kappa shape index (κ3) is 5.36. The highest BCUT2D eigenvalue weighted by Gasteiger charge is 2.30. The van der Waals surface area contributed by atoms with Crippen LogP contribution in [0.15, 0.2) is 46.2 Å². The van der Waals surface area contributed by atoms with Crippen molar-refractivity contribution in [3.8, 4) is 11.4 Å². The fraction of sp³-hybridized carbons (Fsp3) is 0.429. The standard InChI is InChI=1S/C21H22F3N5OS/c1-13-8-14(2)11-29(10-13)17-6-7-25-20(26-17)31-12-18-27-19(28-30-18)15-4-3-5-16(9-15)21(22,23)24/h3-7,9,13-14H,8,10-12H2,1-2H3. The molecule has 0 bridgehead atoms. The molecule has 0 spiro atoms. The van der Waals surface area contributed by atoms with E-state index in [1.807, 2.05) is 6.07 Å². The molecule has 1 saturated heterocycles. The van der Waals surface area contributed by atoms with Crippen molar-refractivity contribution in [1.82, 2.24) is 20.1 Å². The summed E-state index contributed by atoms with van der Waals surface area (Å²) in [6.45, 7) is 6.43. The summed E-state index contributed by atoms with van der Waals surface area (Å²) >= 11 is 1.34. The Balaban J connectivity index is 1.42. The number of benzene rings is 1. The summed E-state index contributed by atoms with van der Waals surface area (Å²) in [6.07, 6.45) is -1.48. The molecule has 1 aliphatic rings. The van der Waals surface area contributed by atoms with Crippen LogP contribution in [0.4, 0.5) is 19.0 Å². The van der Waals surface area contributed by atoms with Crippen molar-refractivity contribution >= 4 is 17.6 Å². The number of piperidine rings is 1. The largest absolute Gasteiger partial charge is 0.416 e. The predicted molar refractivity (Wildman–Crippen MR) is 111 cm³/mol. The highest BCUT2D eigenvalue weighted by atomic mass is 32.2. The molecular formula is C21H22F3N5OS. The summed E-state index contributed by atoms with van der Waals surface area (Å²) in [7, 11) is 0. The number of hydrogen-bond donors (Lipinski definition) is 0. The predicted octanol–water partition coefficient (Wildman–Crippen LogP) is 5.32. The molecule has 2 atom stereocenters. The molecule has 1 aromatic carbocycles. The van der Waals surface area contributed by atoms with Gasteiger partial charge in [0.2, 0.25) is 11.7 Å². The zero-order chi connectivity index (χ0) is 22.0. The maximum atomic E-state index is 12.9. The highest BCUT2D eigenvalue weighted by molar-refractivity contribution is 7.98. The maximum absolute atomic E-state index is 12.9. The Bertz CT molecular complexity index is 1030. The minimum atomic E-state index is -4.43. The Morgan fingerprint density at radius 1 is 1.13 bits per heavy atom. The normalized spacial score (nSPS) is 19.6. The van der Waals surface area contributed by atoms with Gasteiger partial charge in [-0.2, -0.15) is 18.2 Å². The van der Waals surface area contributed by atoms with Crippen LogP contribution in [-0.4, -0.2) is 33.2 Å². The first-order chi connectivity index (χ1) is 14.8. The van der Waals surface area contributed by atoms with Crippen LogP contribution in [-0.2, 0) is 11.9 Å². The Hall–Kier alpha value is -2.62. The van der Waals surface area contributed by atoms with Crippen molar-refractivity contribution in [1.29, 1.82) is 0 Å². The second-order valence-electron chi connectivity index (χ2n) is 7.93. The number of rotatable bonds is 5. The number of alkyl halides is 3. The molecule has 164 valence electrons. The van der Waals surface area contributed by atoms with Crippen molar-refractivity contribution in [3.05, 3.63) is 48.0 Å². The van der Waals surface area contributed by atoms with Gasteiger partial charge in [-0.05, 0) is 36.5 Å². The van der Waals surface area contributed by atoms with Crippen molar-refractivity contribution in [2.24, 2.45) is 11.8 Å². The fourth-order valence-corrected chi connectivity index (χ4v) is 4.48. The molecule has 3 heterocycles. The van der Waals surface area contributed by atoms with Crippen molar-refractivity contribution in [2.75, 3.05) is 18.0 Å². The van der Waals surface area contributed by atoms with Crippen LogP contribution >= 0.6 is 11.8 Å². The lowest BCUT2D eigenvalue weighted by molar-refractivity contribution is -0.137. The maximum Gasteiger partial charge on any atom is 0.416 e. The van der Waals surface area contributed by atoms with E-state index in [2.05, 4.69) is 38.9 Å². The molecular weight excluding hydrogens is 427 g/mol. The molecule has 0 N–H and O–H groups in total. The van der Waals surface area contributed by atoms with E-state index >= 15 is 0 Å². The molecule has 1 fully saturated rings. The van der Waals surface area contributed by atoms with E-state index < -0.39 is 11.7 Å². The van der Waals surface area contributed by atoms with Gasteiger partial charge >= 0.3 is 6.18 Å². The van der Waals surface area contributed by atoms with E-state index in [9.17, 15) is 13.2 Å². The minimum absolute atomic E-state index is 0.118. The number of aromatic nitrogens is 4. The van der Waals surface area contributed by atoms with Gasteiger partial charge in [0, 0.05) is 24.8 Å². The monoisotopic (exact) mass is 449 g/mol. The number of nitrogens with zero attached hydrogens (tertiary/aromatic N) is 5. The first kappa shape index (κ1) is 21.6. The number of hydrogen-bond acceptors (Lipinski definition) is 7. The van der Waals surface area contributed by atoms with Crippen LogP contribution < -0.4 is 4.90 Å². The van der Waals surface area contributed by atoms with Gasteiger partial charge in [0.15, 0.2) is 5.16 Å². The van der Waals surface area contributed by atoms with Gasteiger partial charge in [0.05, 0.1) is 11.3 Å². The van der Waals surface area contributed by atoms with Gasteiger partial charge < -0.3 is 9.42 Å². The van der Waals surface area contributed by atoms with Gasteiger partial charge in [-0.1, -0.05) is 42.9 Å². The van der Waals surface area contributed by atoms with E-state index in [-0.39, 0.29) is 11.4 Å². The van der Waals surface area contributed by atoms with Crippen LogP contribution in [0.3, 0.4) is 0 Å². The van der Waals surface area contributed by atoms with Crippen molar-refractivity contribution < 1.29 is 17.7 Å². The SMILES string of the molecule is CC1CC(C)CN(c2ccnc(SCc3nc(-c4cccc(C(F)(F)F)c4)no3)n2)C1.